The number of carbonyl (C=O) groups is 1. The number of hydrogen-bond acceptors (Lipinski definition) is 2. The number of carbonyl (C=O) groups excluding carboxylic acids is 1. The van der Waals surface area contributed by atoms with Crippen LogP contribution in [-0.4, -0.2) is 12.9 Å². The maximum Gasteiger partial charge on any atom is 0.136 e. The summed E-state index contributed by atoms with van der Waals surface area (Å²) in [6, 6.07) is 8.03. The lowest BCUT2D eigenvalue weighted by Gasteiger charge is -2.20. The zero-order chi connectivity index (χ0) is 11.4. The average Bonchev–Trinajstić information content (AvgIpc) is 2.32. The zero-order valence-electron chi connectivity index (χ0n) is 9.74. The van der Waals surface area contributed by atoms with E-state index in [0.29, 0.717) is 5.78 Å². The van der Waals surface area contributed by atoms with Crippen LogP contribution in [0.4, 0.5) is 0 Å². The number of benzene rings is 1. The Hall–Kier alpha value is -1.31. The van der Waals surface area contributed by atoms with E-state index in [9.17, 15) is 4.79 Å². The van der Waals surface area contributed by atoms with E-state index in [-0.39, 0.29) is 5.92 Å². The van der Waals surface area contributed by atoms with Crippen molar-refractivity contribution in [1.82, 2.24) is 0 Å². The molecule has 2 rings (SSSR count). The average molecular weight is 218 g/mol. The second kappa shape index (κ2) is 5.15. The normalized spacial score (nSPS) is 20.8. The summed E-state index contributed by atoms with van der Waals surface area (Å²) in [5, 5.41) is 0. The van der Waals surface area contributed by atoms with Crippen LogP contribution in [0.5, 0.6) is 5.75 Å². The highest BCUT2D eigenvalue weighted by Gasteiger charge is 2.22. The summed E-state index contributed by atoms with van der Waals surface area (Å²) in [6.45, 7) is 0. The minimum Gasteiger partial charge on any atom is -0.497 e. The first-order chi connectivity index (χ1) is 7.79. The van der Waals surface area contributed by atoms with Gasteiger partial charge in [0.05, 0.1) is 7.11 Å². The van der Waals surface area contributed by atoms with Gasteiger partial charge in [-0.3, -0.25) is 4.79 Å². The van der Waals surface area contributed by atoms with Gasteiger partial charge in [-0.1, -0.05) is 18.6 Å². The van der Waals surface area contributed by atoms with Crippen LogP contribution in [-0.2, 0) is 11.2 Å². The molecular formula is C14H18O2. The van der Waals surface area contributed by atoms with Crippen molar-refractivity contribution in [2.24, 2.45) is 5.92 Å². The summed E-state index contributed by atoms with van der Waals surface area (Å²) in [5.74, 6) is 1.55. The second-order valence-corrected chi connectivity index (χ2v) is 4.46. The molecule has 0 unspecified atom stereocenters. The highest BCUT2D eigenvalue weighted by Crippen LogP contribution is 2.25. The predicted molar refractivity (Wildman–Crippen MR) is 63.7 cm³/mol. The molecule has 0 aliphatic heterocycles. The molecule has 86 valence electrons. The summed E-state index contributed by atoms with van der Waals surface area (Å²) in [4.78, 5) is 11.7. The van der Waals surface area contributed by atoms with Crippen molar-refractivity contribution in [3.8, 4) is 5.75 Å². The molecule has 0 bridgehead atoms. The van der Waals surface area contributed by atoms with Gasteiger partial charge in [0.1, 0.15) is 11.5 Å². The lowest BCUT2D eigenvalue weighted by atomic mass is 9.84. The van der Waals surface area contributed by atoms with E-state index in [0.717, 1.165) is 31.4 Å². The van der Waals surface area contributed by atoms with Crippen LogP contribution in [0, 0.1) is 5.92 Å². The van der Waals surface area contributed by atoms with Crippen LogP contribution in [0.25, 0.3) is 0 Å². The number of ether oxygens (including phenoxy) is 1. The fraction of sp³-hybridized carbons (Fsp3) is 0.500. The quantitative estimate of drug-likeness (QED) is 0.779. The van der Waals surface area contributed by atoms with Crippen molar-refractivity contribution in [2.45, 2.75) is 32.1 Å². The van der Waals surface area contributed by atoms with E-state index in [2.05, 4.69) is 6.07 Å². The van der Waals surface area contributed by atoms with Crippen LogP contribution in [0.2, 0.25) is 0 Å². The van der Waals surface area contributed by atoms with Gasteiger partial charge < -0.3 is 4.74 Å². The third-order valence-electron chi connectivity index (χ3n) is 3.30. The lowest BCUT2D eigenvalue weighted by Crippen LogP contribution is -2.20. The third-order valence-corrected chi connectivity index (χ3v) is 3.30. The number of hydrogen-bond donors (Lipinski definition) is 0. The Labute approximate surface area is 96.6 Å². The Morgan fingerprint density at radius 1 is 1.38 bits per heavy atom. The van der Waals surface area contributed by atoms with E-state index in [1.807, 2.05) is 18.2 Å². The summed E-state index contributed by atoms with van der Waals surface area (Å²) >= 11 is 0. The molecule has 0 aromatic heterocycles. The molecule has 0 radical (unpaired) electrons. The first kappa shape index (κ1) is 11.2. The monoisotopic (exact) mass is 218 g/mol. The van der Waals surface area contributed by atoms with Crippen LogP contribution >= 0.6 is 0 Å². The van der Waals surface area contributed by atoms with Crippen molar-refractivity contribution < 1.29 is 9.53 Å². The fourth-order valence-corrected chi connectivity index (χ4v) is 2.35. The summed E-state index contributed by atoms with van der Waals surface area (Å²) in [6.07, 6.45) is 4.97. The fourth-order valence-electron chi connectivity index (χ4n) is 2.35. The third kappa shape index (κ3) is 2.63. The predicted octanol–water partition coefficient (Wildman–Crippen LogP) is 3.00. The maximum atomic E-state index is 11.7. The molecule has 0 heterocycles. The van der Waals surface area contributed by atoms with Crippen molar-refractivity contribution in [1.29, 1.82) is 0 Å². The summed E-state index contributed by atoms with van der Waals surface area (Å²) in [5.41, 5.74) is 1.21. The van der Waals surface area contributed by atoms with E-state index in [1.54, 1.807) is 7.11 Å². The maximum absolute atomic E-state index is 11.7. The molecule has 1 saturated carbocycles. The Morgan fingerprint density at radius 3 is 3.00 bits per heavy atom. The minimum absolute atomic E-state index is 0.237. The topological polar surface area (TPSA) is 26.3 Å². The molecular weight excluding hydrogens is 200 g/mol. The van der Waals surface area contributed by atoms with Gasteiger partial charge in [-0.15, -0.1) is 0 Å². The lowest BCUT2D eigenvalue weighted by molar-refractivity contribution is -0.124. The molecule has 1 aliphatic rings. The largest absolute Gasteiger partial charge is 0.497 e. The highest BCUT2D eigenvalue weighted by atomic mass is 16.5. The summed E-state index contributed by atoms with van der Waals surface area (Å²) < 4.78 is 5.19. The van der Waals surface area contributed by atoms with Crippen molar-refractivity contribution in [3.63, 3.8) is 0 Å². The van der Waals surface area contributed by atoms with E-state index in [1.165, 1.54) is 12.0 Å². The molecule has 1 atom stereocenters. The van der Waals surface area contributed by atoms with Crippen LogP contribution in [0.15, 0.2) is 24.3 Å². The number of Topliss-reactive ketones (excluding diaryl/α,β-unsaturated/α-hetero) is 1. The van der Waals surface area contributed by atoms with Crippen molar-refractivity contribution >= 4 is 5.78 Å². The molecule has 2 nitrogen and oxygen atoms in total. The van der Waals surface area contributed by atoms with E-state index in [4.69, 9.17) is 4.74 Å². The van der Waals surface area contributed by atoms with Crippen LogP contribution < -0.4 is 4.74 Å². The van der Waals surface area contributed by atoms with Gasteiger partial charge in [0.25, 0.3) is 0 Å². The van der Waals surface area contributed by atoms with Gasteiger partial charge in [0.15, 0.2) is 0 Å². The van der Waals surface area contributed by atoms with Crippen LogP contribution in [0.3, 0.4) is 0 Å². The SMILES string of the molecule is COc1cccc(C[C@H]2CCCCC2=O)c1. The molecule has 1 aromatic carbocycles. The molecule has 1 aromatic rings. The molecule has 1 fully saturated rings. The van der Waals surface area contributed by atoms with Gasteiger partial charge in [0.2, 0.25) is 0 Å². The van der Waals surface area contributed by atoms with Gasteiger partial charge in [-0.25, -0.2) is 0 Å². The molecule has 0 spiro atoms. The minimum atomic E-state index is 0.237. The number of rotatable bonds is 3. The Balaban J connectivity index is 2.04. The smallest absolute Gasteiger partial charge is 0.136 e. The molecule has 0 saturated heterocycles. The van der Waals surface area contributed by atoms with Gasteiger partial charge >= 0.3 is 0 Å². The van der Waals surface area contributed by atoms with Gasteiger partial charge in [0, 0.05) is 12.3 Å². The summed E-state index contributed by atoms with van der Waals surface area (Å²) in [7, 11) is 1.67. The number of methoxy groups -OCH3 is 1. The molecule has 0 N–H and O–H groups in total. The molecule has 0 amide bonds. The zero-order valence-corrected chi connectivity index (χ0v) is 9.74. The molecule has 1 aliphatic carbocycles. The van der Waals surface area contributed by atoms with Crippen molar-refractivity contribution in [3.05, 3.63) is 29.8 Å². The Kier molecular flexibility index (Phi) is 3.60. The first-order valence-corrected chi connectivity index (χ1v) is 5.95. The van der Waals surface area contributed by atoms with E-state index < -0.39 is 0 Å². The first-order valence-electron chi connectivity index (χ1n) is 5.95. The number of ketones is 1. The Bertz CT molecular complexity index is 371. The second-order valence-electron chi connectivity index (χ2n) is 4.46. The van der Waals surface area contributed by atoms with Gasteiger partial charge in [-0.2, -0.15) is 0 Å². The van der Waals surface area contributed by atoms with Crippen LogP contribution in [0.1, 0.15) is 31.2 Å². The molecule has 2 heteroatoms. The van der Waals surface area contributed by atoms with E-state index >= 15 is 0 Å². The Morgan fingerprint density at radius 2 is 2.25 bits per heavy atom. The van der Waals surface area contributed by atoms with Gasteiger partial charge in [-0.05, 0) is 37.0 Å². The standard InChI is InChI=1S/C14H18O2/c1-16-13-7-4-5-11(10-13)9-12-6-2-3-8-14(12)15/h4-5,7,10,12H,2-3,6,8-9H2,1H3/t12-/m1/s1. The highest BCUT2D eigenvalue weighted by molar-refractivity contribution is 5.81. The van der Waals surface area contributed by atoms with Crippen molar-refractivity contribution in [2.75, 3.05) is 7.11 Å². The molecule has 16 heavy (non-hydrogen) atoms.